The zero-order valence-electron chi connectivity index (χ0n) is 8.18. The standard InChI is InChI=1S/C7H11N3O4S2/c8-5-1-2-10(16(12,13)9-5)6-4-15-7(3-11)14-6/h1-2,6-7,11H,3-4H2,(H2,8,9)/t6-,7+/m1/s1. The van der Waals surface area contributed by atoms with Crippen molar-refractivity contribution >= 4 is 27.8 Å². The van der Waals surface area contributed by atoms with Crippen LogP contribution in [0.2, 0.25) is 0 Å². The van der Waals surface area contributed by atoms with Crippen LogP contribution in [0.15, 0.2) is 16.7 Å². The first-order valence-electron chi connectivity index (χ1n) is 4.48. The summed E-state index contributed by atoms with van der Waals surface area (Å²) in [7, 11) is -3.80. The van der Waals surface area contributed by atoms with Gasteiger partial charge in [0.15, 0.2) is 6.23 Å². The summed E-state index contributed by atoms with van der Waals surface area (Å²) in [5, 5.41) is 8.87. The van der Waals surface area contributed by atoms with E-state index in [9.17, 15) is 8.42 Å². The Hall–Kier alpha value is -0.770. The van der Waals surface area contributed by atoms with Gasteiger partial charge in [-0.15, -0.1) is 16.2 Å². The van der Waals surface area contributed by atoms with E-state index in [1.165, 1.54) is 24.0 Å². The molecular weight excluding hydrogens is 254 g/mol. The largest absolute Gasteiger partial charge is 0.393 e. The van der Waals surface area contributed by atoms with E-state index in [1.54, 1.807) is 0 Å². The molecular formula is C7H11N3O4S2. The Morgan fingerprint density at radius 3 is 3.06 bits per heavy atom. The number of hydrogen-bond donors (Lipinski definition) is 2. The van der Waals surface area contributed by atoms with Gasteiger partial charge in [-0.05, 0) is 6.08 Å². The van der Waals surface area contributed by atoms with E-state index in [-0.39, 0.29) is 12.4 Å². The SMILES string of the molecule is NC1=NS(=O)(=O)N([C@H]2CS[C@@H](CO)O2)C=C1. The molecule has 0 amide bonds. The van der Waals surface area contributed by atoms with E-state index in [0.717, 1.165) is 4.31 Å². The summed E-state index contributed by atoms with van der Waals surface area (Å²) < 4.78 is 32.9. The van der Waals surface area contributed by atoms with Gasteiger partial charge in [-0.1, -0.05) is 0 Å². The molecule has 9 heteroatoms. The van der Waals surface area contributed by atoms with Crippen molar-refractivity contribution in [2.45, 2.75) is 11.7 Å². The maximum absolute atomic E-state index is 11.6. The van der Waals surface area contributed by atoms with E-state index in [2.05, 4.69) is 4.40 Å². The molecule has 1 saturated heterocycles. The minimum absolute atomic E-state index is 0.0550. The number of ether oxygens (including phenoxy) is 1. The van der Waals surface area contributed by atoms with E-state index in [0.29, 0.717) is 5.75 Å². The number of thioether (sulfide) groups is 1. The van der Waals surface area contributed by atoms with Gasteiger partial charge in [-0.2, -0.15) is 8.42 Å². The fourth-order valence-corrected chi connectivity index (χ4v) is 3.44. The van der Waals surface area contributed by atoms with Gasteiger partial charge in [0.2, 0.25) is 0 Å². The Morgan fingerprint density at radius 1 is 1.75 bits per heavy atom. The molecule has 2 heterocycles. The minimum atomic E-state index is -3.80. The monoisotopic (exact) mass is 265 g/mol. The molecule has 2 aliphatic rings. The van der Waals surface area contributed by atoms with Crippen molar-refractivity contribution in [3.63, 3.8) is 0 Å². The van der Waals surface area contributed by atoms with Gasteiger partial charge in [0, 0.05) is 12.0 Å². The Morgan fingerprint density at radius 2 is 2.50 bits per heavy atom. The fraction of sp³-hybridized carbons (Fsp3) is 0.571. The summed E-state index contributed by atoms with van der Waals surface area (Å²) in [5.74, 6) is 0.394. The van der Waals surface area contributed by atoms with Crippen molar-refractivity contribution in [3.05, 3.63) is 12.3 Å². The van der Waals surface area contributed by atoms with Crippen molar-refractivity contribution in [1.82, 2.24) is 4.31 Å². The molecule has 0 radical (unpaired) electrons. The lowest BCUT2D eigenvalue weighted by molar-refractivity contribution is -0.00730. The van der Waals surface area contributed by atoms with Crippen molar-refractivity contribution < 1.29 is 18.3 Å². The van der Waals surface area contributed by atoms with Gasteiger partial charge in [0.1, 0.15) is 11.3 Å². The number of nitrogens with two attached hydrogens (primary N) is 1. The third-order valence-electron chi connectivity index (χ3n) is 2.05. The molecule has 2 rings (SSSR count). The summed E-state index contributed by atoms with van der Waals surface area (Å²) in [5.41, 5.74) is 4.90. The number of aliphatic hydroxyl groups is 1. The number of aliphatic hydroxyl groups excluding tert-OH is 1. The third-order valence-corrected chi connectivity index (χ3v) is 4.49. The van der Waals surface area contributed by atoms with Crippen LogP contribution in [0.3, 0.4) is 0 Å². The first-order valence-corrected chi connectivity index (χ1v) is 6.92. The summed E-state index contributed by atoms with van der Waals surface area (Å²) >= 11 is 1.35. The van der Waals surface area contributed by atoms with Gasteiger partial charge >= 0.3 is 10.2 Å². The second-order valence-corrected chi connectivity index (χ2v) is 5.87. The number of rotatable bonds is 2. The second-order valence-electron chi connectivity index (χ2n) is 3.18. The van der Waals surface area contributed by atoms with Gasteiger partial charge in [-0.25, -0.2) is 4.31 Å². The van der Waals surface area contributed by atoms with Crippen LogP contribution in [0.4, 0.5) is 0 Å². The lowest BCUT2D eigenvalue weighted by Crippen LogP contribution is -2.40. The lowest BCUT2D eigenvalue weighted by Gasteiger charge is -2.25. The van der Waals surface area contributed by atoms with E-state index in [1.807, 2.05) is 0 Å². The average molecular weight is 265 g/mol. The minimum Gasteiger partial charge on any atom is -0.393 e. The molecule has 0 saturated carbocycles. The van der Waals surface area contributed by atoms with Crippen LogP contribution in [-0.2, 0) is 14.9 Å². The molecule has 90 valence electrons. The van der Waals surface area contributed by atoms with Crippen molar-refractivity contribution in [1.29, 1.82) is 0 Å². The normalized spacial score (nSPS) is 32.8. The number of hydrogen-bond acceptors (Lipinski definition) is 6. The maximum Gasteiger partial charge on any atom is 0.348 e. The van der Waals surface area contributed by atoms with Gasteiger partial charge in [0.05, 0.1) is 6.61 Å². The maximum atomic E-state index is 11.6. The van der Waals surface area contributed by atoms with Crippen LogP contribution in [-0.4, -0.2) is 47.7 Å². The molecule has 0 unspecified atom stereocenters. The van der Waals surface area contributed by atoms with Gasteiger partial charge in [-0.3, -0.25) is 0 Å². The highest BCUT2D eigenvalue weighted by Crippen LogP contribution is 2.29. The molecule has 0 aliphatic carbocycles. The Bertz CT molecular complexity index is 433. The van der Waals surface area contributed by atoms with Crippen LogP contribution in [0.5, 0.6) is 0 Å². The molecule has 2 aliphatic heterocycles. The van der Waals surface area contributed by atoms with Crippen LogP contribution in [0.1, 0.15) is 0 Å². The number of amidine groups is 1. The summed E-state index contributed by atoms with van der Waals surface area (Å²) in [4.78, 5) is 0. The molecule has 0 bridgehead atoms. The smallest absolute Gasteiger partial charge is 0.348 e. The lowest BCUT2D eigenvalue weighted by atomic mass is 10.5. The van der Waals surface area contributed by atoms with Gasteiger partial charge < -0.3 is 15.6 Å². The molecule has 0 aromatic carbocycles. The second kappa shape index (κ2) is 4.24. The van der Waals surface area contributed by atoms with Gasteiger partial charge in [0.25, 0.3) is 0 Å². The average Bonchev–Trinajstić information content (AvgIpc) is 2.64. The highest BCUT2D eigenvalue weighted by Gasteiger charge is 2.36. The Balaban J connectivity index is 2.15. The topological polar surface area (TPSA) is 105 Å². The van der Waals surface area contributed by atoms with Crippen LogP contribution < -0.4 is 5.73 Å². The molecule has 2 atom stereocenters. The summed E-state index contributed by atoms with van der Waals surface area (Å²) in [6, 6.07) is 0. The summed E-state index contributed by atoms with van der Waals surface area (Å²) in [6.45, 7) is -0.149. The van der Waals surface area contributed by atoms with Crippen molar-refractivity contribution in [2.75, 3.05) is 12.4 Å². The van der Waals surface area contributed by atoms with Crippen molar-refractivity contribution in [3.8, 4) is 0 Å². The predicted octanol–water partition coefficient (Wildman–Crippen LogP) is -1.17. The molecule has 3 N–H and O–H groups in total. The van der Waals surface area contributed by atoms with E-state index in [4.69, 9.17) is 15.6 Å². The summed E-state index contributed by atoms with van der Waals surface area (Å²) in [6.07, 6.45) is 2.07. The zero-order chi connectivity index (χ0) is 11.8. The molecule has 16 heavy (non-hydrogen) atoms. The van der Waals surface area contributed by atoms with E-state index < -0.39 is 21.9 Å². The van der Waals surface area contributed by atoms with E-state index >= 15 is 0 Å². The molecule has 0 spiro atoms. The predicted molar refractivity (Wildman–Crippen MR) is 59.7 cm³/mol. The van der Waals surface area contributed by atoms with Crippen molar-refractivity contribution in [2.24, 2.45) is 10.1 Å². The molecule has 0 aromatic heterocycles. The van der Waals surface area contributed by atoms with Crippen LogP contribution in [0, 0.1) is 0 Å². The van der Waals surface area contributed by atoms with Crippen LogP contribution >= 0.6 is 11.8 Å². The first kappa shape index (κ1) is 11.7. The molecule has 0 aromatic rings. The quantitative estimate of drug-likeness (QED) is 0.651. The highest BCUT2D eigenvalue weighted by molar-refractivity contribution is 8.00. The highest BCUT2D eigenvalue weighted by atomic mass is 32.2. The molecule has 1 fully saturated rings. The zero-order valence-corrected chi connectivity index (χ0v) is 9.82. The fourth-order valence-electron chi connectivity index (χ4n) is 1.35. The van der Waals surface area contributed by atoms with Crippen LogP contribution in [0.25, 0.3) is 0 Å². The molecule has 7 nitrogen and oxygen atoms in total. The number of nitrogens with zero attached hydrogens (tertiary/aromatic N) is 2. The Labute approximate surface area is 97.1 Å². The third kappa shape index (κ3) is 2.17. The first-order chi connectivity index (χ1) is 7.53. The Kier molecular flexibility index (Phi) is 3.10.